The molecule has 0 atom stereocenters. The largest absolute Gasteiger partial charge is 0.351 e. The molecular formula is C17H20N4O. The van der Waals surface area contributed by atoms with Crippen LogP contribution in [0, 0.1) is 13.8 Å². The molecule has 0 aliphatic rings. The number of nitrogens with zero attached hydrogens (tertiary/aromatic N) is 2. The maximum atomic E-state index is 12.2. The van der Waals surface area contributed by atoms with Gasteiger partial charge >= 0.3 is 0 Å². The first-order chi connectivity index (χ1) is 10.6. The second-order valence-corrected chi connectivity index (χ2v) is 5.06. The van der Waals surface area contributed by atoms with Gasteiger partial charge in [0.25, 0.3) is 5.91 Å². The molecule has 2 N–H and O–H groups in total. The van der Waals surface area contributed by atoms with Gasteiger partial charge in [0.05, 0.1) is 0 Å². The first kappa shape index (κ1) is 15.7. The minimum absolute atomic E-state index is 0.214. The first-order valence-corrected chi connectivity index (χ1v) is 7.12. The smallest absolute Gasteiger partial charge is 0.270 e. The minimum atomic E-state index is -0.214. The van der Waals surface area contributed by atoms with Crippen LogP contribution in [0.2, 0.25) is 0 Å². The molecule has 0 fully saturated rings. The predicted molar refractivity (Wildman–Crippen MR) is 87.8 cm³/mol. The number of benzene rings is 1. The third kappa shape index (κ3) is 4.41. The zero-order chi connectivity index (χ0) is 15.9. The summed E-state index contributed by atoms with van der Waals surface area (Å²) < 4.78 is 0. The van der Waals surface area contributed by atoms with E-state index in [-0.39, 0.29) is 5.91 Å². The molecule has 0 bridgehead atoms. The van der Waals surface area contributed by atoms with Gasteiger partial charge in [0.2, 0.25) is 5.95 Å². The normalized spacial score (nSPS) is 10.1. The van der Waals surface area contributed by atoms with Gasteiger partial charge in [-0.3, -0.25) is 4.79 Å². The van der Waals surface area contributed by atoms with Crippen LogP contribution in [0.5, 0.6) is 0 Å². The molecule has 1 heterocycles. The van der Waals surface area contributed by atoms with E-state index in [9.17, 15) is 4.79 Å². The van der Waals surface area contributed by atoms with Crippen LogP contribution >= 0.6 is 0 Å². The minimum Gasteiger partial charge on any atom is -0.351 e. The third-order valence-corrected chi connectivity index (χ3v) is 3.03. The van der Waals surface area contributed by atoms with Crippen LogP contribution in [-0.4, -0.2) is 22.4 Å². The number of hydrogen-bond donors (Lipinski definition) is 2. The average molecular weight is 296 g/mol. The van der Waals surface area contributed by atoms with Gasteiger partial charge in [-0.05, 0) is 25.5 Å². The van der Waals surface area contributed by atoms with Gasteiger partial charge in [-0.15, -0.1) is 6.58 Å². The van der Waals surface area contributed by atoms with Crippen LogP contribution in [0.25, 0.3) is 0 Å². The fourth-order valence-corrected chi connectivity index (χ4v) is 2.02. The fraction of sp³-hybridized carbons (Fsp3) is 0.235. The second kappa shape index (κ2) is 7.36. The summed E-state index contributed by atoms with van der Waals surface area (Å²) in [4.78, 5) is 20.7. The number of rotatable bonds is 6. The van der Waals surface area contributed by atoms with Gasteiger partial charge < -0.3 is 10.6 Å². The molecule has 1 aromatic heterocycles. The molecule has 2 aromatic rings. The van der Waals surface area contributed by atoms with E-state index in [1.54, 1.807) is 12.1 Å². The van der Waals surface area contributed by atoms with Crippen molar-refractivity contribution in [1.82, 2.24) is 15.3 Å². The molecule has 5 heteroatoms. The number of carbonyl (C=O) groups is 1. The van der Waals surface area contributed by atoms with Gasteiger partial charge in [0.1, 0.15) is 5.69 Å². The van der Waals surface area contributed by atoms with Crippen LogP contribution < -0.4 is 10.6 Å². The van der Waals surface area contributed by atoms with Crippen molar-refractivity contribution in [2.75, 3.05) is 11.9 Å². The van der Waals surface area contributed by atoms with Crippen LogP contribution in [0.3, 0.4) is 0 Å². The second-order valence-electron chi connectivity index (χ2n) is 5.06. The molecule has 0 unspecified atom stereocenters. The maximum absolute atomic E-state index is 12.2. The maximum Gasteiger partial charge on any atom is 0.270 e. The van der Waals surface area contributed by atoms with Crippen LogP contribution in [0.4, 0.5) is 5.95 Å². The molecular weight excluding hydrogens is 276 g/mol. The Labute approximate surface area is 130 Å². The van der Waals surface area contributed by atoms with E-state index in [1.165, 1.54) is 5.56 Å². The molecule has 1 amide bonds. The lowest BCUT2D eigenvalue weighted by molar-refractivity contribution is 0.0945. The zero-order valence-electron chi connectivity index (χ0n) is 12.9. The van der Waals surface area contributed by atoms with E-state index >= 15 is 0 Å². The predicted octanol–water partition coefficient (Wildman–Crippen LogP) is 2.62. The van der Waals surface area contributed by atoms with Gasteiger partial charge in [-0.1, -0.05) is 35.9 Å². The first-order valence-electron chi connectivity index (χ1n) is 7.12. The van der Waals surface area contributed by atoms with Crippen molar-refractivity contribution < 1.29 is 4.79 Å². The molecule has 114 valence electrons. The summed E-state index contributed by atoms with van der Waals surface area (Å²) in [5.74, 6) is 0.217. The van der Waals surface area contributed by atoms with Crippen molar-refractivity contribution in [1.29, 1.82) is 0 Å². The van der Waals surface area contributed by atoms with E-state index in [1.807, 2.05) is 38.1 Å². The molecule has 5 nitrogen and oxygen atoms in total. The summed E-state index contributed by atoms with van der Waals surface area (Å²) >= 11 is 0. The Morgan fingerprint density at radius 1 is 1.27 bits per heavy atom. The van der Waals surface area contributed by atoms with Crippen molar-refractivity contribution in [3.05, 3.63) is 65.5 Å². The highest BCUT2D eigenvalue weighted by atomic mass is 16.1. The summed E-state index contributed by atoms with van der Waals surface area (Å²) in [5.41, 5.74) is 3.32. The number of aryl methyl sites for hydroxylation is 2. The Kier molecular flexibility index (Phi) is 5.25. The van der Waals surface area contributed by atoms with Gasteiger partial charge in [-0.25, -0.2) is 9.97 Å². The Morgan fingerprint density at radius 2 is 2.09 bits per heavy atom. The highest BCUT2D eigenvalue weighted by Crippen LogP contribution is 2.07. The molecule has 2 rings (SSSR count). The summed E-state index contributed by atoms with van der Waals surface area (Å²) in [7, 11) is 0. The van der Waals surface area contributed by atoms with Crippen LogP contribution in [-0.2, 0) is 6.54 Å². The topological polar surface area (TPSA) is 66.9 Å². The van der Waals surface area contributed by atoms with Gasteiger partial charge in [0.15, 0.2) is 0 Å². The number of nitrogens with one attached hydrogen (secondary N) is 2. The Hall–Kier alpha value is -2.69. The Balaban J connectivity index is 2.05. The number of amides is 1. The summed E-state index contributed by atoms with van der Waals surface area (Å²) in [6, 6.07) is 9.70. The number of anilines is 1. The monoisotopic (exact) mass is 296 g/mol. The van der Waals surface area contributed by atoms with Crippen LogP contribution in [0.1, 0.15) is 27.3 Å². The summed E-state index contributed by atoms with van der Waals surface area (Å²) in [5, 5.41) is 5.87. The average Bonchev–Trinajstić information content (AvgIpc) is 2.50. The van der Waals surface area contributed by atoms with E-state index in [4.69, 9.17) is 0 Å². The standard InChI is InChI=1S/C17H20N4O/c1-4-8-18-17-20-13(3)10-15(21-17)16(22)19-11-14-7-5-6-12(2)9-14/h4-7,9-10H,1,8,11H2,2-3H3,(H,19,22)(H,18,20,21). The lowest BCUT2D eigenvalue weighted by atomic mass is 10.1. The van der Waals surface area contributed by atoms with Gasteiger partial charge in [0, 0.05) is 18.8 Å². The van der Waals surface area contributed by atoms with Gasteiger partial charge in [-0.2, -0.15) is 0 Å². The SMILES string of the molecule is C=CCNc1nc(C)cc(C(=O)NCc2cccc(C)c2)n1. The fourth-order valence-electron chi connectivity index (χ4n) is 2.02. The van der Waals surface area contributed by atoms with E-state index in [0.29, 0.717) is 24.7 Å². The highest BCUT2D eigenvalue weighted by molar-refractivity contribution is 5.92. The molecule has 1 aromatic carbocycles. The third-order valence-electron chi connectivity index (χ3n) is 3.03. The summed E-state index contributed by atoms with van der Waals surface area (Å²) in [6.07, 6.45) is 1.71. The molecule has 0 aliphatic heterocycles. The number of hydrogen-bond acceptors (Lipinski definition) is 4. The van der Waals surface area contributed by atoms with Crippen molar-refractivity contribution in [2.45, 2.75) is 20.4 Å². The number of aromatic nitrogens is 2. The van der Waals surface area contributed by atoms with Crippen molar-refractivity contribution in [3.8, 4) is 0 Å². The molecule has 0 aliphatic carbocycles. The molecule has 22 heavy (non-hydrogen) atoms. The lowest BCUT2D eigenvalue weighted by Gasteiger charge is -2.08. The Bertz CT molecular complexity index is 682. The molecule has 0 saturated heterocycles. The zero-order valence-corrected chi connectivity index (χ0v) is 12.9. The molecule has 0 spiro atoms. The molecule has 0 saturated carbocycles. The summed E-state index contributed by atoms with van der Waals surface area (Å²) in [6.45, 7) is 8.50. The Morgan fingerprint density at radius 3 is 2.82 bits per heavy atom. The number of carbonyl (C=O) groups excluding carboxylic acids is 1. The highest BCUT2D eigenvalue weighted by Gasteiger charge is 2.10. The molecule has 0 radical (unpaired) electrons. The van der Waals surface area contributed by atoms with Crippen LogP contribution in [0.15, 0.2) is 43.0 Å². The van der Waals surface area contributed by atoms with E-state index in [0.717, 1.165) is 11.3 Å². The van der Waals surface area contributed by atoms with E-state index in [2.05, 4.69) is 27.2 Å². The van der Waals surface area contributed by atoms with Crippen molar-refractivity contribution in [2.24, 2.45) is 0 Å². The quantitative estimate of drug-likeness (QED) is 0.804. The van der Waals surface area contributed by atoms with Crippen molar-refractivity contribution in [3.63, 3.8) is 0 Å². The van der Waals surface area contributed by atoms with Crippen molar-refractivity contribution >= 4 is 11.9 Å². The van der Waals surface area contributed by atoms with E-state index < -0.39 is 0 Å². The lowest BCUT2D eigenvalue weighted by Crippen LogP contribution is -2.24.